The van der Waals surface area contributed by atoms with Crippen molar-refractivity contribution in [1.29, 1.82) is 0 Å². The second kappa shape index (κ2) is 7.01. The van der Waals surface area contributed by atoms with Crippen LogP contribution in [0.15, 0.2) is 35.5 Å². The van der Waals surface area contributed by atoms with E-state index in [4.69, 9.17) is 5.84 Å². The number of hydrogen-bond acceptors (Lipinski definition) is 5. The number of alkyl halides is 3. The van der Waals surface area contributed by atoms with Crippen molar-refractivity contribution in [2.75, 3.05) is 0 Å². The lowest BCUT2D eigenvalue weighted by molar-refractivity contribution is -0.142. The molecule has 0 saturated carbocycles. The van der Waals surface area contributed by atoms with Crippen molar-refractivity contribution in [2.24, 2.45) is 5.84 Å². The third-order valence-electron chi connectivity index (χ3n) is 3.62. The fourth-order valence-corrected chi connectivity index (χ4v) is 2.81. The summed E-state index contributed by atoms with van der Waals surface area (Å²) >= 11 is 0. The Kier molecular flexibility index (Phi) is 5.49. The minimum Gasteiger partial charge on any atom is -0.273 e. The quantitative estimate of drug-likeness (QED) is 0.220. The van der Waals surface area contributed by atoms with Crippen molar-refractivity contribution in [3.05, 3.63) is 36.2 Å². The van der Waals surface area contributed by atoms with Gasteiger partial charge in [0.15, 0.2) is 5.82 Å². The number of hydrogen-bond donors (Lipinski definition) is 1. The summed E-state index contributed by atoms with van der Waals surface area (Å²) in [5.41, 5.74) is -2.97. The lowest BCUT2D eigenvalue weighted by Crippen LogP contribution is -2.41. The number of carbonyl (C=O) groups is 2. The lowest BCUT2D eigenvalue weighted by atomic mass is 10.1. The predicted molar refractivity (Wildman–Crippen MR) is 93.5 cm³/mol. The monoisotopic (exact) mass is 479 g/mol. The van der Waals surface area contributed by atoms with Gasteiger partial charge in [0, 0.05) is 24.3 Å². The molecule has 2 amide bonds. The topological polar surface area (TPSA) is 94.1 Å². The SMILES string of the molecule is CCC(=O)N(N)C(=O)/C=C\n1cnc(-c2cc(C(F)(F)F)cc(S(F)(F)(F)(F)F)c2)n1. The summed E-state index contributed by atoms with van der Waals surface area (Å²) in [6, 6.07) is -0.725. The number of rotatable bonds is 5. The number of halogens is 8. The van der Waals surface area contributed by atoms with Crippen molar-refractivity contribution in [1.82, 2.24) is 19.8 Å². The van der Waals surface area contributed by atoms with E-state index in [1.54, 1.807) is 0 Å². The normalized spacial score (nSPS) is 14.9. The van der Waals surface area contributed by atoms with Crippen molar-refractivity contribution >= 4 is 28.2 Å². The molecule has 0 bridgehead atoms. The maximum absolute atomic E-state index is 13.1. The number of aromatic nitrogens is 3. The first-order valence-electron chi connectivity index (χ1n) is 7.99. The number of nitrogens with zero attached hydrogens (tertiary/aromatic N) is 4. The van der Waals surface area contributed by atoms with E-state index in [2.05, 4.69) is 10.1 Å². The molecule has 0 spiro atoms. The van der Waals surface area contributed by atoms with Crippen molar-refractivity contribution < 1.29 is 42.2 Å². The largest absolute Gasteiger partial charge is 0.416 e. The molecule has 172 valence electrons. The zero-order chi connectivity index (χ0) is 23.9. The number of amides is 2. The maximum Gasteiger partial charge on any atom is 0.416 e. The van der Waals surface area contributed by atoms with E-state index in [1.165, 1.54) is 6.92 Å². The fraction of sp³-hybridized carbons (Fsp3) is 0.200. The molecule has 0 fully saturated rings. The summed E-state index contributed by atoms with van der Waals surface area (Å²) in [6.45, 7) is 1.43. The second-order valence-electron chi connectivity index (χ2n) is 6.03. The van der Waals surface area contributed by atoms with Gasteiger partial charge in [-0.1, -0.05) is 26.4 Å². The Hall–Kier alpha value is -3.01. The molecule has 2 aromatic rings. The highest BCUT2D eigenvalue weighted by atomic mass is 32.5. The third kappa shape index (κ3) is 6.00. The van der Waals surface area contributed by atoms with Gasteiger partial charge in [0.1, 0.15) is 11.2 Å². The number of benzene rings is 1. The van der Waals surface area contributed by atoms with Crippen LogP contribution in [-0.2, 0) is 15.8 Å². The Balaban J connectivity index is 2.47. The molecule has 0 atom stereocenters. The van der Waals surface area contributed by atoms with Gasteiger partial charge in [-0.2, -0.15) is 13.2 Å². The average Bonchev–Trinajstić information content (AvgIpc) is 3.11. The summed E-state index contributed by atoms with van der Waals surface area (Å²) in [5.74, 6) is 2.72. The highest BCUT2D eigenvalue weighted by Crippen LogP contribution is 3.02. The molecule has 0 unspecified atom stereocenters. The van der Waals surface area contributed by atoms with E-state index in [1.807, 2.05) is 0 Å². The molecule has 1 heterocycles. The first kappa shape index (κ1) is 24.3. The Morgan fingerprint density at radius 1 is 1.16 bits per heavy atom. The van der Waals surface area contributed by atoms with Gasteiger partial charge >= 0.3 is 16.4 Å². The Bertz CT molecular complexity index is 1060. The second-order valence-corrected chi connectivity index (χ2v) is 8.44. The Morgan fingerprint density at radius 2 is 1.77 bits per heavy atom. The zero-order valence-electron chi connectivity index (χ0n) is 15.3. The molecule has 0 aliphatic heterocycles. The molecule has 2 rings (SSSR count). The van der Waals surface area contributed by atoms with Crippen LogP contribution in [0.1, 0.15) is 18.9 Å². The molecule has 31 heavy (non-hydrogen) atoms. The summed E-state index contributed by atoms with van der Waals surface area (Å²) in [5, 5.41) is 3.79. The van der Waals surface area contributed by atoms with Gasteiger partial charge in [0.25, 0.3) is 5.91 Å². The number of hydrazine groups is 1. The van der Waals surface area contributed by atoms with Crippen LogP contribution in [0.3, 0.4) is 0 Å². The smallest absolute Gasteiger partial charge is 0.273 e. The van der Waals surface area contributed by atoms with Crippen LogP contribution in [0.25, 0.3) is 17.6 Å². The molecule has 16 heteroatoms. The van der Waals surface area contributed by atoms with E-state index in [0.717, 1.165) is 18.6 Å². The van der Waals surface area contributed by atoms with Crippen molar-refractivity contribution in [3.8, 4) is 11.4 Å². The summed E-state index contributed by atoms with van der Waals surface area (Å²) < 4.78 is 105. The van der Waals surface area contributed by atoms with Crippen molar-refractivity contribution in [2.45, 2.75) is 24.4 Å². The molecular formula is C15H13F8N5O2S. The van der Waals surface area contributed by atoms with Crippen LogP contribution < -0.4 is 5.84 Å². The van der Waals surface area contributed by atoms with Gasteiger partial charge in [-0.05, 0) is 18.2 Å². The molecule has 0 aliphatic rings. The van der Waals surface area contributed by atoms with E-state index in [-0.39, 0.29) is 23.6 Å². The minimum atomic E-state index is -10.5. The van der Waals surface area contributed by atoms with E-state index < -0.39 is 56.1 Å². The molecule has 0 radical (unpaired) electrons. The first-order chi connectivity index (χ1) is 13.8. The number of nitrogens with two attached hydrogens (primary N) is 1. The molecule has 1 aromatic carbocycles. The highest BCUT2D eigenvalue weighted by molar-refractivity contribution is 8.45. The maximum atomic E-state index is 13.1. The molecule has 0 aliphatic carbocycles. The minimum absolute atomic E-state index is 0.0897. The van der Waals surface area contributed by atoms with Gasteiger partial charge in [-0.15, -0.1) is 5.10 Å². The highest BCUT2D eigenvalue weighted by Gasteiger charge is 2.66. The van der Waals surface area contributed by atoms with Gasteiger partial charge in [-0.3, -0.25) is 9.59 Å². The third-order valence-corrected chi connectivity index (χ3v) is 4.75. The molecule has 1 aromatic heterocycles. The van der Waals surface area contributed by atoms with E-state index in [9.17, 15) is 42.2 Å². The summed E-state index contributed by atoms with van der Waals surface area (Å²) in [6.07, 6.45) is -3.10. The lowest BCUT2D eigenvalue weighted by Gasteiger charge is -2.40. The van der Waals surface area contributed by atoms with Crippen LogP contribution in [0.5, 0.6) is 0 Å². The van der Waals surface area contributed by atoms with Crippen LogP contribution >= 0.6 is 10.2 Å². The average molecular weight is 479 g/mol. The predicted octanol–water partition coefficient (Wildman–Crippen LogP) is 4.73. The van der Waals surface area contributed by atoms with E-state index >= 15 is 0 Å². The Labute approximate surface area is 168 Å². The summed E-state index contributed by atoms with van der Waals surface area (Å²) in [4.78, 5) is 23.7. The van der Waals surface area contributed by atoms with Crippen LogP contribution in [-0.4, -0.2) is 31.6 Å². The fourth-order valence-electron chi connectivity index (χ4n) is 2.11. The van der Waals surface area contributed by atoms with Crippen molar-refractivity contribution in [3.63, 3.8) is 0 Å². The molecular weight excluding hydrogens is 466 g/mol. The van der Waals surface area contributed by atoms with Gasteiger partial charge in [0.2, 0.25) is 5.91 Å². The molecule has 2 N–H and O–H groups in total. The zero-order valence-corrected chi connectivity index (χ0v) is 16.1. The van der Waals surface area contributed by atoms with Crippen LogP contribution in [0.4, 0.5) is 32.6 Å². The standard InChI is InChI=1S/C15H13F8N5O2S/c1-2-12(29)28(24)13(30)3-4-27-8-25-14(26-27)9-5-10(15(16,17)18)7-11(6-9)31(19,20,21,22)23/h3-8H,2,24H2,1H3/b4-3-. The van der Waals surface area contributed by atoms with Crippen LogP contribution in [0.2, 0.25) is 0 Å². The first-order valence-corrected chi connectivity index (χ1v) is 9.94. The Morgan fingerprint density at radius 3 is 2.29 bits per heavy atom. The summed E-state index contributed by atoms with van der Waals surface area (Å²) in [7, 11) is -10.5. The van der Waals surface area contributed by atoms with Gasteiger partial charge in [-0.25, -0.2) is 20.5 Å². The number of imide groups is 1. The van der Waals surface area contributed by atoms with E-state index in [0.29, 0.717) is 4.68 Å². The number of carbonyl (C=O) groups excluding carboxylic acids is 2. The van der Waals surface area contributed by atoms with Gasteiger partial charge in [0.05, 0.1) is 5.56 Å². The van der Waals surface area contributed by atoms with Gasteiger partial charge < -0.3 is 0 Å². The molecule has 0 saturated heterocycles. The van der Waals surface area contributed by atoms with Crippen LogP contribution in [0, 0.1) is 0 Å². The molecule has 7 nitrogen and oxygen atoms in total.